The molecule has 0 amide bonds. The highest BCUT2D eigenvalue weighted by Crippen LogP contribution is 2.40. The second kappa shape index (κ2) is 7.29. The zero-order valence-electron chi connectivity index (χ0n) is 14.7. The summed E-state index contributed by atoms with van der Waals surface area (Å²) in [5, 5.41) is 22.7. The number of anilines is 3. The molecule has 9 heteroatoms. The number of nitro benzene ring substituents is 1. The largest absolute Gasteiger partial charge is 0.369 e. The molecule has 140 valence electrons. The van der Waals surface area contributed by atoms with Crippen LogP contribution < -0.4 is 10.2 Å². The summed E-state index contributed by atoms with van der Waals surface area (Å²) in [6.07, 6.45) is 2.25. The molecule has 8 nitrogen and oxygen atoms in total. The van der Waals surface area contributed by atoms with Gasteiger partial charge in [-0.2, -0.15) is 0 Å². The third-order valence-corrected chi connectivity index (χ3v) is 5.51. The van der Waals surface area contributed by atoms with E-state index in [0.29, 0.717) is 17.1 Å². The zero-order valence-corrected chi connectivity index (χ0v) is 16.8. The van der Waals surface area contributed by atoms with Crippen molar-refractivity contribution in [2.45, 2.75) is 19.8 Å². The smallest absolute Gasteiger partial charge is 0.324 e. The van der Waals surface area contributed by atoms with Crippen molar-refractivity contribution in [1.29, 1.82) is 0 Å². The molecule has 1 saturated heterocycles. The quantitative estimate of drug-likeness (QED) is 0.329. The van der Waals surface area contributed by atoms with Crippen molar-refractivity contribution in [3.8, 4) is 0 Å². The van der Waals surface area contributed by atoms with E-state index in [0.717, 1.165) is 34.5 Å². The Bertz CT molecular complexity index is 989. The van der Waals surface area contributed by atoms with Crippen LogP contribution in [0.25, 0.3) is 11.0 Å². The number of piperidine rings is 1. The maximum atomic E-state index is 11.8. The van der Waals surface area contributed by atoms with Gasteiger partial charge >= 0.3 is 5.69 Å². The number of nitrogens with one attached hydrogen (secondary N) is 1. The summed E-state index contributed by atoms with van der Waals surface area (Å²) in [7, 11) is 0. The van der Waals surface area contributed by atoms with Gasteiger partial charge in [-0.3, -0.25) is 10.1 Å². The molecule has 27 heavy (non-hydrogen) atoms. The van der Waals surface area contributed by atoms with Gasteiger partial charge in [-0.25, -0.2) is 4.63 Å². The SMILES string of the molecule is CC1CCCN(c2cc(Nc3ccc(I)cc3)c([N+](=O)[O-])c3nonc23)C1. The molecule has 1 N–H and O–H groups in total. The van der Waals surface area contributed by atoms with Crippen LogP contribution in [0.5, 0.6) is 0 Å². The molecule has 1 aliphatic heterocycles. The fraction of sp³-hybridized carbons (Fsp3) is 0.333. The van der Waals surface area contributed by atoms with Crippen molar-refractivity contribution >= 4 is 56.4 Å². The Morgan fingerprint density at radius 2 is 2.04 bits per heavy atom. The molecule has 1 atom stereocenters. The molecule has 1 aromatic heterocycles. The Labute approximate surface area is 169 Å². The molecule has 1 unspecified atom stereocenters. The van der Waals surface area contributed by atoms with Crippen LogP contribution in [0.2, 0.25) is 0 Å². The molecule has 0 spiro atoms. The van der Waals surface area contributed by atoms with Gasteiger partial charge in [0.25, 0.3) is 0 Å². The molecule has 0 saturated carbocycles. The first-order chi connectivity index (χ1) is 13.0. The van der Waals surface area contributed by atoms with Crippen molar-refractivity contribution in [2.75, 3.05) is 23.3 Å². The van der Waals surface area contributed by atoms with E-state index in [4.69, 9.17) is 4.63 Å². The normalized spacial score (nSPS) is 17.3. The molecule has 4 rings (SSSR count). The minimum Gasteiger partial charge on any atom is -0.369 e. The lowest BCUT2D eigenvalue weighted by Gasteiger charge is -2.32. The molecule has 0 bridgehead atoms. The molecule has 2 heterocycles. The first-order valence-corrected chi connectivity index (χ1v) is 9.82. The van der Waals surface area contributed by atoms with Gasteiger partial charge in [-0.15, -0.1) is 0 Å². The Morgan fingerprint density at radius 3 is 2.74 bits per heavy atom. The fourth-order valence-electron chi connectivity index (χ4n) is 3.53. The highest BCUT2D eigenvalue weighted by atomic mass is 127. The highest BCUT2D eigenvalue weighted by molar-refractivity contribution is 14.1. The number of rotatable bonds is 4. The van der Waals surface area contributed by atoms with E-state index in [1.807, 2.05) is 24.3 Å². The van der Waals surface area contributed by atoms with Gasteiger partial charge in [-0.05, 0) is 82.0 Å². The summed E-state index contributed by atoms with van der Waals surface area (Å²) in [6, 6.07) is 9.45. The number of fused-ring (bicyclic) bond motifs is 1. The first kappa shape index (κ1) is 18.0. The summed E-state index contributed by atoms with van der Waals surface area (Å²) in [4.78, 5) is 13.5. The van der Waals surface area contributed by atoms with Crippen molar-refractivity contribution in [3.05, 3.63) is 44.0 Å². The van der Waals surface area contributed by atoms with Gasteiger partial charge in [0.05, 0.1) is 10.6 Å². The van der Waals surface area contributed by atoms with E-state index in [1.54, 1.807) is 6.07 Å². The summed E-state index contributed by atoms with van der Waals surface area (Å²) < 4.78 is 5.96. The lowest BCUT2D eigenvalue weighted by Crippen LogP contribution is -2.34. The van der Waals surface area contributed by atoms with Crippen LogP contribution in [0.15, 0.2) is 35.0 Å². The minimum absolute atomic E-state index is 0.126. The van der Waals surface area contributed by atoms with Crippen LogP contribution in [0.3, 0.4) is 0 Å². The maximum Gasteiger partial charge on any atom is 0.324 e. The molecule has 0 aliphatic carbocycles. The lowest BCUT2D eigenvalue weighted by molar-refractivity contribution is -0.382. The highest BCUT2D eigenvalue weighted by Gasteiger charge is 2.29. The van der Waals surface area contributed by atoms with Crippen LogP contribution in [-0.4, -0.2) is 28.3 Å². The van der Waals surface area contributed by atoms with E-state index in [2.05, 4.69) is 50.0 Å². The number of halogens is 1. The average Bonchev–Trinajstić information content (AvgIpc) is 3.12. The molecule has 1 fully saturated rings. The summed E-state index contributed by atoms with van der Waals surface area (Å²) in [5.41, 5.74) is 2.45. The van der Waals surface area contributed by atoms with Crippen LogP contribution in [-0.2, 0) is 0 Å². The Hall–Kier alpha value is -2.43. The van der Waals surface area contributed by atoms with Gasteiger partial charge in [0.15, 0.2) is 5.52 Å². The maximum absolute atomic E-state index is 11.8. The van der Waals surface area contributed by atoms with Crippen LogP contribution in [0.4, 0.5) is 22.7 Å². The minimum atomic E-state index is -0.440. The van der Waals surface area contributed by atoms with Crippen molar-refractivity contribution in [3.63, 3.8) is 0 Å². The third-order valence-electron chi connectivity index (χ3n) is 4.80. The van der Waals surface area contributed by atoms with Crippen LogP contribution in [0.1, 0.15) is 19.8 Å². The monoisotopic (exact) mass is 479 g/mol. The molecule has 2 aromatic carbocycles. The Balaban J connectivity index is 1.84. The van der Waals surface area contributed by atoms with Gasteiger partial charge in [-0.1, -0.05) is 6.92 Å². The lowest BCUT2D eigenvalue weighted by atomic mass is 9.99. The van der Waals surface area contributed by atoms with E-state index in [1.165, 1.54) is 6.42 Å². The molecular formula is C18H18IN5O3. The van der Waals surface area contributed by atoms with Gasteiger partial charge in [0.1, 0.15) is 5.69 Å². The summed E-state index contributed by atoms with van der Waals surface area (Å²) >= 11 is 2.22. The predicted molar refractivity (Wildman–Crippen MR) is 112 cm³/mol. The summed E-state index contributed by atoms with van der Waals surface area (Å²) in [6.45, 7) is 3.97. The number of nitro groups is 1. The second-order valence-corrected chi connectivity index (χ2v) is 8.08. The molecular weight excluding hydrogens is 461 g/mol. The molecule has 0 radical (unpaired) electrons. The predicted octanol–water partition coefficient (Wildman–Crippen LogP) is 4.72. The van der Waals surface area contributed by atoms with E-state index < -0.39 is 4.92 Å². The van der Waals surface area contributed by atoms with E-state index in [9.17, 15) is 10.1 Å². The van der Waals surface area contributed by atoms with E-state index >= 15 is 0 Å². The van der Waals surface area contributed by atoms with Gasteiger partial charge < -0.3 is 10.2 Å². The van der Waals surface area contributed by atoms with Crippen molar-refractivity contribution in [2.24, 2.45) is 5.92 Å². The number of hydrogen-bond acceptors (Lipinski definition) is 7. The van der Waals surface area contributed by atoms with Crippen LogP contribution >= 0.6 is 22.6 Å². The number of aromatic nitrogens is 2. The standard InChI is InChI=1S/C18H18IN5O3/c1-11-3-2-8-23(10-11)15-9-14(20-13-6-4-12(19)5-7-13)18(24(25)26)17-16(15)21-27-22-17/h4-7,9,11,20H,2-3,8,10H2,1H3. The first-order valence-electron chi connectivity index (χ1n) is 8.74. The Kier molecular flexibility index (Phi) is 4.85. The van der Waals surface area contributed by atoms with Crippen molar-refractivity contribution in [1.82, 2.24) is 10.3 Å². The molecule has 3 aromatic rings. The van der Waals surface area contributed by atoms with Gasteiger partial charge in [0.2, 0.25) is 5.52 Å². The van der Waals surface area contributed by atoms with Crippen molar-refractivity contribution < 1.29 is 9.55 Å². The third kappa shape index (κ3) is 3.55. The fourth-order valence-corrected chi connectivity index (χ4v) is 3.89. The second-order valence-electron chi connectivity index (χ2n) is 6.84. The zero-order chi connectivity index (χ0) is 19.0. The number of hydrogen-bond donors (Lipinski definition) is 1. The summed E-state index contributed by atoms with van der Waals surface area (Å²) in [5.74, 6) is 0.552. The molecule has 1 aliphatic rings. The van der Waals surface area contributed by atoms with E-state index in [-0.39, 0.29) is 11.2 Å². The average molecular weight is 479 g/mol. The number of benzene rings is 2. The van der Waals surface area contributed by atoms with Crippen LogP contribution in [0, 0.1) is 19.6 Å². The Morgan fingerprint density at radius 1 is 1.30 bits per heavy atom. The van der Waals surface area contributed by atoms with Gasteiger partial charge in [0, 0.05) is 22.3 Å². The topological polar surface area (TPSA) is 97.3 Å². The number of nitrogens with zero attached hydrogens (tertiary/aromatic N) is 4.